The standard InChI is InChI=1S/C26H25N5O4/c1-29(2)25(34)17-6-4-5-16(12-17)23-22(27-14-30(23)3)15-7-8-19-18(11-15)13-31(26(19)35)20-9-10-21(32)28-24(20)33/h4-8,11-12,14,20H,9-10,13H2,1-3H3,(H,28,32,33). The third-order valence-corrected chi connectivity index (χ3v) is 6.52. The van der Waals surface area contributed by atoms with Crippen molar-refractivity contribution in [3.8, 4) is 22.5 Å². The minimum absolute atomic E-state index is 0.0832. The number of aryl methyl sites for hydroxylation is 1. The average Bonchev–Trinajstić information content (AvgIpc) is 3.38. The number of hydrogen-bond donors (Lipinski definition) is 1. The van der Waals surface area contributed by atoms with Crippen LogP contribution in [0.1, 0.15) is 39.1 Å². The second kappa shape index (κ2) is 8.50. The molecule has 1 atom stereocenters. The van der Waals surface area contributed by atoms with Gasteiger partial charge in [-0.3, -0.25) is 24.5 Å². The number of fused-ring (bicyclic) bond motifs is 1. The van der Waals surface area contributed by atoms with Crippen molar-refractivity contribution in [3.63, 3.8) is 0 Å². The summed E-state index contributed by atoms with van der Waals surface area (Å²) in [7, 11) is 5.33. The second-order valence-corrected chi connectivity index (χ2v) is 9.10. The van der Waals surface area contributed by atoms with E-state index in [2.05, 4.69) is 10.3 Å². The third-order valence-electron chi connectivity index (χ3n) is 6.52. The van der Waals surface area contributed by atoms with Gasteiger partial charge < -0.3 is 14.4 Å². The van der Waals surface area contributed by atoms with Gasteiger partial charge in [-0.1, -0.05) is 18.2 Å². The van der Waals surface area contributed by atoms with Crippen molar-refractivity contribution in [1.82, 2.24) is 24.7 Å². The summed E-state index contributed by atoms with van der Waals surface area (Å²) in [5, 5.41) is 2.33. The summed E-state index contributed by atoms with van der Waals surface area (Å²) in [5.74, 6) is -1.03. The smallest absolute Gasteiger partial charge is 0.255 e. The number of hydrogen-bond acceptors (Lipinski definition) is 5. The number of carbonyl (C=O) groups excluding carboxylic acids is 4. The van der Waals surface area contributed by atoms with Crippen LogP contribution in [0, 0.1) is 0 Å². The Labute approximate surface area is 202 Å². The van der Waals surface area contributed by atoms with Crippen molar-refractivity contribution in [2.75, 3.05) is 14.1 Å². The lowest BCUT2D eigenvalue weighted by Crippen LogP contribution is -2.52. The SMILES string of the molecule is CN(C)C(=O)c1cccc(-c2c(-c3ccc4c(c3)CN(C3CCC(=O)NC3=O)C4=O)ncn2C)c1. The van der Waals surface area contributed by atoms with Crippen LogP contribution >= 0.6 is 0 Å². The van der Waals surface area contributed by atoms with E-state index < -0.39 is 11.9 Å². The van der Waals surface area contributed by atoms with Crippen LogP contribution in [-0.2, 0) is 23.2 Å². The first-order valence-corrected chi connectivity index (χ1v) is 11.4. The highest BCUT2D eigenvalue weighted by Crippen LogP contribution is 2.35. The van der Waals surface area contributed by atoms with Crippen molar-refractivity contribution in [3.05, 3.63) is 65.5 Å². The van der Waals surface area contributed by atoms with Crippen LogP contribution in [0.5, 0.6) is 0 Å². The first-order chi connectivity index (χ1) is 16.7. The molecule has 2 aliphatic rings. The molecule has 4 amide bonds. The largest absolute Gasteiger partial charge is 0.345 e. The van der Waals surface area contributed by atoms with Crippen molar-refractivity contribution in [2.24, 2.45) is 7.05 Å². The zero-order valence-corrected chi connectivity index (χ0v) is 19.7. The predicted octanol–water partition coefficient (Wildman–Crippen LogP) is 2.22. The zero-order chi connectivity index (χ0) is 24.9. The maximum Gasteiger partial charge on any atom is 0.255 e. The van der Waals surface area contributed by atoms with Gasteiger partial charge in [-0.2, -0.15) is 0 Å². The van der Waals surface area contributed by atoms with E-state index in [1.807, 2.05) is 41.9 Å². The molecule has 0 radical (unpaired) electrons. The van der Waals surface area contributed by atoms with Gasteiger partial charge in [-0.25, -0.2) is 4.98 Å². The van der Waals surface area contributed by atoms with Crippen molar-refractivity contribution in [2.45, 2.75) is 25.4 Å². The van der Waals surface area contributed by atoms with Crippen LogP contribution in [0.2, 0.25) is 0 Å². The molecule has 0 saturated carbocycles. The summed E-state index contributed by atoms with van der Waals surface area (Å²) in [5.41, 5.74) is 5.22. The van der Waals surface area contributed by atoms with Crippen LogP contribution in [0.25, 0.3) is 22.5 Å². The van der Waals surface area contributed by atoms with Crippen LogP contribution in [-0.4, -0.2) is 63.1 Å². The van der Waals surface area contributed by atoms with Crippen LogP contribution in [0.3, 0.4) is 0 Å². The van der Waals surface area contributed by atoms with Gasteiger partial charge in [0.15, 0.2) is 0 Å². The Bertz CT molecular complexity index is 1390. The Balaban J connectivity index is 1.49. The molecule has 3 aromatic rings. The van der Waals surface area contributed by atoms with Crippen LogP contribution < -0.4 is 5.32 Å². The fraction of sp³-hybridized carbons (Fsp3) is 0.269. The molecule has 2 aromatic carbocycles. The lowest BCUT2D eigenvalue weighted by molar-refractivity contribution is -0.136. The van der Waals surface area contributed by atoms with Crippen molar-refractivity contribution in [1.29, 1.82) is 0 Å². The number of piperidine rings is 1. The number of nitrogens with zero attached hydrogens (tertiary/aromatic N) is 4. The van der Waals surface area contributed by atoms with Gasteiger partial charge >= 0.3 is 0 Å². The number of aromatic nitrogens is 2. The Kier molecular flexibility index (Phi) is 5.47. The molecule has 2 aliphatic heterocycles. The molecule has 178 valence electrons. The molecular weight excluding hydrogens is 446 g/mol. The fourth-order valence-electron chi connectivity index (χ4n) is 4.76. The van der Waals surface area contributed by atoms with Crippen molar-refractivity contribution < 1.29 is 19.2 Å². The number of benzene rings is 2. The first-order valence-electron chi connectivity index (χ1n) is 11.4. The molecule has 1 saturated heterocycles. The van der Waals surface area contributed by atoms with Crippen LogP contribution in [0.4, 0.5) is 0 Å². The molecule has 1 fully saturated rings. The third kappa shape index (κ3) is 3.88. The van der Waals surface area contributed by atoms with E-state index in [0.29, 0.717) is 24.1 Å². The lowest BCUT2D eigenvalue weighted by Gasteiger charge is -2.29. The minimum Gasteiger partial charge on any atom is -0.345 e. The number of rotatable bonds is 4. The molecule has 1 aromatic heterocycles. The summed E-state index contributed by atoms with van der Waals surface area (Å²) < 4.78 is 1.91. The van der Waals surface area contributed by atoms with Gasteiger partial charge in [0.05, 0.1) is 17.7 Å². The van der Waals surface area contributed by atoms with E-state index in [1.165, 1.54) is 9.80 Å². The monoisotopic (exact) mass is 471 g/mol. The Morgan fingerprint density at radius 2 is 1.89 bits per heavy atom. The summed E-state index contributed by atoms with van der Waals surface area (Å²) in [6.07, 6.45) is 2.26. The van der Waals surface area contributed by atoms with Gasteiger partial charge in [-0.15, -0.1) is 0 Å². The van der Waals surface area contributed by atoms with Crippen LogP contribution in [0.15, 0.2) is 48.8 Å². The number of amides is 4. The highest BCUT2D eigenvalue weighted by molar-refractivity contribution is 6.05. The number of imidazole rings is 1. The maximum absolute atomic E-state index is 13.0. The molecular formula is C26H25N5O4. The van der Waals surface area contributed by atoms with E-state index in [9.17, 15) is 19.2 Å². The van der Waals surface area contributed by atoms with Gasteiger partial charge in [0.25, 0.3) is 11.8 Å². The highest BCUT2D eigenvalue weighted by atomic mass is 16.2. The van der Waals surface area contributed by atoms with Gasteiger partial charge in [0, 0.05) is 56.4 Å². The van der Waals surface area contributed by atoms with E-state index in [-0.39, 0.29) is 24.1 Å². The van der Waals surface area contributed by atoms with Gasteiger partial charge in [-0.05, 0) is 36.2 Å². The molecule has 9 heteroatoms. The van der Waals surface area contributed by atoms with E-state index in [1.54, 1.807) is 32.6 Å². The molecule has 0 bridgehead atoms. The Hall–Kier alpha value is -4.27. The van der Waals surface area contributed by atoms with E-state index in [4.69, 9.17) is 0 Å². The molecule has 1 unspecified atom stereocenters. The number of imide groups is 1. The molecule has 0 aliphatic carbocycles. The molecule has 9 nitrogen and oxygen atoms in total. The summed E-state index contributed by atoms with van der Waals surface area (Å²) in [4.78, 5) is 57.0. The first kappa shape index (κ1) is 22.5. The van der Waals surface area contributed by atoms with E-state index >= 15 is 0 Å². The number of carbonyl (C=O) groups is 4. The highest BCUT2D eigenvalue weighted by Gasteiger charge is 2.39. The van der Waals surface area contributed by atoms with Crippen molar-refractivity contribution >= 4 is 23.6 Å². The zero-order valence-electron chi connectivity index (χ0n) is 19.7. The number of nitrogens with one attached hydrogen (secondary N) is 1. The summed E-state index contributed by atoms with van der Waals surface area (Å²) in [6.45, 7) is 0.295. The maximum atomic E-state index is 13.0. The molecule has 0 spiro atoms. The van der Waals surface area contributed by atoms with E-state index in [0.717, 1.165) is 28.1 Å². The quantitative estimate of drug-likeness (QED) is 0.588. The Morgan fingerprint density at radius 3 is 2.63 bits per heavy atom. The normalized spacial score (nSPS) is 17.4. The Morgan fingerprint density at radius 1 is 1.09 bits per heavy atom. The summed E-state index contributed by atoms with van der Waals surface area (Å²) >= 11 is 0. The fourth-order valence-corrected chi connectivity index (χ4v) is 4.76. The van der Waals surface area contributed by atoms with Gasteiger partial charge in [0.2, 0.25) is 11.8 Å². The second-order valence-electron chi connectivity index (χ2n) is 9.10. The molecule has 5 rings (SSSR count). The molecule has 35 heavy (non-hydrogen) atoms. The topological polar surface area (TPSA) is 105 Å². The lowest BCUT2D eigenvalue weighted by atomic mass is 9.99. The van der Waals surface area contributed by atoms with Gasteiger partial charge in [0.1, 0.15) is 6.04 Å². The minimum atomic E-state index is -0.654. The molecule has 3 heterocycles. The summed E-state index contributed by atoms with van der Waals surface area (Å²) in [6, 6.07) is 12.3. The molecule has 1 N–H and O–H groups in total. The average molecular weight is 472 g/mol. The predicted molar refractivity (Wildman–Crippen MR) is 128 cm³/mol.